The van der Waals surface area contributed by atoms with Crippen LogP contribution in [0.1, 0.15) is 42.6 Å². The minimum Gasteiger partial charge on any atom is -0.478 e. The first-order chi connectivity index (χ1) is 10.3. The van der Waals surface area contributed by atoms with Crippen molar-refractivity contribution in [1.29, 1.82) is 0 Å². The number of carboxylic acids is 1. The molecule has 0 aliphatic heterocycles. The maximum absolute atomic E-state index is 11.4. The van der Waals surface area contributed by atoms with E-state index < -0.39 is 32.8 Å². The second-order valence-corrected chi connectivity index (χ2v) is 4.64. The number of nitro benzene ring substituents is 2. The Labute approximate surface area is 126 Å². The van der Waals surface area contributed by atoms with Crippen molar-refractivity contribution in [3.05, 3.63) is 37.4 Å². The van der Waals surface area contributed by atoms with Crippen LogP contribution in [0.5, 0.6) is 0 Å². The Morgan fingerprint density at radius 2 is 1.86 bits per heavy atom. The number of nitrogens with one attached hydrogen (secondary N) is 1. The first-order valence-electron chi connectivity index (χ1n) is 6.80. The van der Waals surface area contributed by atoms with Gasteiger partial charge >= 0.3 is 11.7 Å². The summed E-state index contributed by atoms with van der Waals surface area (Å²) >= 11 is 0. The van der Waals surface area contributed by atoms with Crippen LogP contribution in [0.15, 0.2) is 6.07 Å². The normalized spacial score (nSPS) is 10.3. The van der Waals surface area contributed by atoms with Crippen LogP contribution in [0.25, 0.3) is 0 Å². The molecule has 0 aliphatic carbocycles. The fourth-order valence-corrected chi connectivity index (χ4v) is 2.16. The molecule has 0 amide bonds. The molecule has 1 aromatic rings. The van der Waals surface area contributed by atoms with Crippen molar-refractivity contribution < 1.29 is 19.7 Å². The fourth-order valence-electron chi connectivity index (χ4n) is 2.16. The summed E-state index contributed by atoms with van der Waals surface area (Å²) in [4.78, 5) is 32.3. The van der Waals surface area contributed by atoms with Crippen molar-refractivity contribution in [3.8, 4) is 0 Å². The van der Waals surface area contributed by atoms with Crippen molar-refractivity contribution in [2.75, 3.05) is 11.9 Å². The first-order valence-corrected chi connectivity index (χ1v) is 6.80. The van der Waals surface area contributed by atoms with E-state index in [9.17, 15) is 30.1 Å². The van der Waals surface area contributed by atoms with E-state index >= 15 is 0 Å². The lowest BCUT2D eigenvalue weighted by atomic mass is 9.98. The van der Waals surface area contributed by atoms with Crippen LogP contribution in [0.4, 0.5) is 17.1 Å². The van der Waals surface area contributed by atoms with Crippen molar-refractivity contribution in [1.82, 2.24) is 0 Å². The summed E-state index contributed by atoms with van der Waals surface area (Å²) in [5.41, 5.74) is -1.75. The summed E-state index contributed by atoms with van der Waals surface area (Å²) in [6, 6.07) is 0.887. The molecule has 0 atom stereocenters. The lowest BCUT2D eigenvalue weighted by Crippen LogP contribution is -2.13. The Kier molecular flexibility index (Phi) is 5.79. The molecule has 0 bridgehead atoms. The third-order valence-electron chi connectivity index (χ3n) is 3.05. The molecular weight excluding hydrogens is 294 g/mol. The van der Waals surface area contributed by atoms with Gasteiger partial charge in [0.15, 0.2) is 5.69 Å². The minimum absolute atomic E-state index is 0.00389. The molecule has 0 saturated heterocycles. The minimum atomic E-state index is -1.42. The second kappa shape index (κ2) is 7.34. The molecule has 0 spiro atoms. The lowest BCUT2D eigenvalue weighted by Gasteiger charge is -2.12. The van der Waals surface area contributed by atoms with E-state index in [0.717, 1.165) is 6.07 Å². The van der Waals surface area contributed by atoms with Gasteiger partial charge in [-0.15, -0.1) is 0 Å². The number of benzene rings is 1. The summed E-state index contributed by atoms with van der Waals surface area (Å²) in [6.07, 6.45) is 1.24. The zero-order valence-electron chi connectivity index (χ0n) is 12.3. The molecule has 22 heavy (non-hydrogen) atoms. The number of hydrogen-bond acceptors (Lipinski definition) is 6. The number of carboxylic acid groups (broad SMARTS) is 1. The summed E-state index contributed by atoms with van der Waals surface area (Å²) in [5, 5.41) is 34.4. The highest BCUT2D eigenvalue weighted by atomic mass is 16.6. The molecule has 120 valence electrons. The fraction of sp³-hybridized carbons (Fsp3) is 0.462. The van der Waals surface area contributed by atoms with E-state index in [-0.39, 0.29) is 17.7 Å². The molecule has 0 fully saturated rings. The molecule has 0 aliphatic rings. The van der Waals surface area contributed by atoms with E-state index in [4.69, 9.17) is 0 Å². The monoisotopic (exact) mass is 311 g/mol. The number of nitrogens with zero attached hydrogens (tertiary/aromatic N) is 2. The lowest BCUT2D eigenvalue weighted by molar-refractivity contribution is -0.392. The van der Waals surface area contributed by atoms with Gasteiger partial charge in [-0.2, -0.15) is 0 Å². The van der Waals surface area contributed by atoms with Gasteiger partial charge < -0.3 is 10.4 Å². The third kappa shape index (κ3) is 3.48. The topological polar surface area (TPSA) is 136 Å². The number of aromatic carboxylic acids is 1. The van der Waals surface area contributed by atoms with Gasteiger partial charge in [0, 0.05) is 18.2 Å². The molecule has 1 rings (SSSR count). The van der Waals surface area contributed by atoms with Gasteiger partial charge in [0.05, 0.1) is 15.4 Å². The third-order valence-corrected chi connectivity index (χ3v) is 3.05. The van der Waals surface area contributed by atoms with Gasteiger partial charge in [-0.25, -0.2) is 4.79 Å². The average Bonchev–Trinajstić information content (AvgIpc) is 2.43. The highest BCUT2D eigenvalue weighted by Crippen LogP contribution is 2.40. The maximum atomic E-state index is 11.4. The van der Waals surface area contributed by atoms with Crippen LogP contribution in [0.3, 0.4) is 0 Å². The predicted molar refractivity (Wildman–Crippen MR) is 79.5 cm³/mol. The Morgan fingerprint density at radius 3 is 2.27 bits per heavy atom. The number of rotatable bonds is 8. The zero-order chi connectivity index (χ0) is 16.9. The van der Waals surface area contributed by atoms with Crippen LogP contribution >= 0.6 is 0 Å². The van der Waals surface area contributed by atoms with Crippen LogP contribution < -0.4 is 5.32 Å². The molecule has 0 unspecified atom stereocenters. The van der Waals surface area contributed by atoms with Crippen molar-refractivity contribution in [2.45, 2.75) is 33.1 Å². The van der Waals surface area contributed by atoms with Crippen molar-refractivity contribution >= 4 is 23.0 Å². The highest BCUT2D eigenvalue weighted by Gasteiger charge is 2.33. The van der Waals surface area contributed by atoms with Gasteiger partial charge in [0.2, 0.25) is 0 Å². The molecule has 0 heterocycles. The maximum Gasteiger partial charge on any atom is 0.336 e. The van der Waals surface area contributed by atoms with Crippen LogP contribution in [-0.4, -0.2) is 27.5 Å². The Bertz CT molecular complexity index is 614. The van der Waals surface area contributed by atoms with E-state index in [1.165, 1.54) is 0 Å². The molecule has 2 N–H and O–H groups in total. The van der Waals surface area contributed by atoms with Crippen LogP contribution in [0, 0.1) is 20.2 Å². The molecular formula is C13H17N3O6. The van der Waals surface area contributed by atoms with E-state index in [1.54, 1.807) is 6.92 Å². The van der Waals surface area contributed by atoms with Gasteiger partial charge in [-0.1, -0.05) is 20.3 Å². The zero-order valence-corrected chi connectivity index (χ0v) is 12.3. The Hall–Kier alpha value is -2.71. The highest BCUT2D eigenvalue weighted by molar-refractivity contribution is 5.95. The SMILES string of the molecule is CCCNc1c([N+](=O)[O-])cc(C(=O)O)c(CCC)c1[N+](=O)[O-]. The smallest absolute Gasteiger partial charge is 0.336 e. The average molecular weight is 311 g/mol. The number of carbonyl (C=O) groups is 1. The molecule has 9 nitrogen and oxygen atoms in total. The summed E-state index contributed by atoms with van der Waals surface area (Å²) in [5.74, 6) is -1.42. The summed E-state index contributed by atoms with van der Waals surface area (Å²) < 4.78 is 0. The first kappa shape index (κ1) is 17.3. The number of anilines is 1. The largest absolute Gasteiger partial charge is 0.478 e. The quantitative estimate of drug-likeness (QED) is 0.556. The summed E-state index contributed by atoms with van der Waals surface area (Å²) in [7, 11) is 0. The second-order valence-electron chi connectivity index (χ2n) is 4.64. The van der Waals surface area contributed by atoms with Crippen LogP contribution in [-0.2, 0) is 6.42 Å². The van der Waals surface area contributed by atoms with Gasteiger partial charge in [0.25, 0.3) is 5.69 Å². The van der Waals surface area contributed by atoms with Crippen molar-refractivity contribution in [2.24, 2.45) is 0 Å². The summed E-state index contributed by atoms with van der Waals surface area (Å²) in [6.45, 7) is 3.86. The van der Waals surface area contributed by atoms with E-state index in [1.807, 2.05) is 6.92 Å². The Balaban J connectivity index is 3.77. The molecule has 9 heteroatoms. The Morgan fingerprint density at radius 1 is 1.23 bits per heavy atom. The molecule has 1 aromatic carbocycles. The van der Waals surface area contributed by atoms with E-state index in [2.05, 4.69) is 5.32 Å². The standard InChI is InChI=1S/C13H17N3O6/c1-3-5-8-9(13(17)18)7-10(15(19)20)11(14-6-4-2)12(8)16(21)22/h7,14H,3-6H2,1-2H3,(H,17,18). The number of hydrogen-bond donors (Lipinski definition) is 2. The van der Waals surface area contributed by atoms with E-state index in [0.29, 0.717) is 19.4 Å². The molecule has 0 saturated carbocycles. The molecule has 0 aromatic heterocycles. The van der Waals surface area contributed by atoms with Crippen LogP contribution in [0.2, 0.25) is 0 Å². The number of nitro groups is 2. The van der Waals surface area contributed by atoms with Gasteiger partial charge in [-0.3, -0.25) is 20.2 Å². The molecule has 0 radical (unpaired) electrons. The van der Waals surface area contributed by atoms with Gasteiger partial charge in [0.1, 0.15) is 0 Å². The predicted octanol–water partition coefficient (Wildman–Crippen LogP) is 2.98. The van der Waals surface area contributed by atoms with Crippen molar-refractivity contribution in [3.63, 3.8) is 0 Å². The van der Waals surface area contributed by atoms with Gasteiger partial charge in [-0.05, 0) is 12.8 Å².